The van der Waals surface area contributed by atoms with Crippen LogP contribution in [0.15, 0.2) is 0 Å². The molecule has 0 spiro atoms. The lowest BCUT2D eigenvalue weighted by Crippen LogP contribution is -2.09. The molecule has 0 aromatic heterocycles. The highest BCUT2D eigenvalue weighted by Gasteiger charge is 2.34. The minimum absolute atomic E-state index is 0.133. The van der Waals surface area contributed by atoms with Crippen LogP contribution in [-0.4, -0.2) is 12.2 Å². The van der Waals surface area contributed by atoms with Crippen LogP contribution in [0, 0.1) is 0 Å². The first-order valence-corrected chi connectivity index (χ1v) is 6.50. The van der Waals surface area contributed by atoms with Crippen molar-refractivity contribution in [2.75, 3.05) is 0 Å². The van der Waals surface area contributed by atoms with E-state index in [9.17, 15) is 0 Å². The summed E-state index contributed by atoms with van der Waals surface area (Å²) in [5.74, 6) is 6.85. The van der Waals surface area contributed by atoms with Crippen LogP contribution in [0.1, 0.15) is 30.5 Å². The highest BCUT2D eigenvalue weighted by Crippen LogP contribution is 2.49. The molecule has 2 aliphatic rings. The molecule has 2 N–H and O–H groups in total. The number of rotatable bonds is 2. The quantitative estimate of drug-likeness (QED) is 0.838. The van der Waals surface area contributed by atoms with Gasteiger partial charge >= 0.3 is 0 Å². The van der Waals surface area contributed by atoms with Gasteiger partial charge < -0.3 is 9.47 Å². The lowest BCUT2D eigenvalue weighted by molar-refractivity contribution is 0.120. The fourth-order valence-corrected chi connectivity index (χ4v) is 3.11. The average molecular weight is 270 g/mol. The van der Waals surface area contributed by atoms with Crippen molar-refractivity contribution >= 4 is 11.6 Å². The summed E-state index contributed by atoms with van der Waals surface area (Å²) in [6.45, 7) is 4.38. The van der Waals surface area contributed by atoms with Crippen molar-refractivity contribution in [3.63, 3.8) is 0 Å². The van der Waals surface area contributed by atoms with Crippen molar-refractivity contribution in [2.24, 2.45) is 5.90 Å². The smallest absolute Gasteiger partial charge is 0.142 e. The van der Waals surface area contributed by atoms with Gasteiger partial charge in [-0.1, -0.05) is 11.6 Å². The van der Waals surface area contributed by atoms with E-state index in [4.69, 9.17) is 31.8 Å². The molecular formula is C13H16ClNO3. The molecule has 18 heavy (non-hydrogen) atoms. The van der Waals surface area contributed by atoms with Crippen molar-refractivity contribution in [2.45, 2.75) is 45.5 Å². The van der Waals surface area contributed by atoms with Crippen molar-refractivity contribution in [1.29, 1.82) is 0 Å². The number of hydrogen-bond acceptors (Lipinski definition) is 4. The van der Waals surface area contributed by atoms with Crippen LogP contribution in [0.2, 0.25) is 5.02 Å². The fraction of sp³-hybridized carbons (Fsp3) is 0.538. The number of fused-ring (bicyclic) bond motifs is 2. The summed E-state index contributed by atoms with van der Waals surface area (Å²) in [5, 5.41) is 0.689. The van der Waals surface area contributed by atoms with Crippen LogP contribution < -0.4 is 15.4 Å². The zero-order valence-corrected chi connectivity index (χ0v) is 11.2. The zero-order valence-electron chi connectivity index (χ0n) is 10.5. The van der Waals surface area contributed by atoms with E-state index in [0.29, 0.717) is 11.6 Å². The maximum absolute atomic E-state index is 6.43. The third kappa shape index (κ3) is 1.67. The van der Waals surface area contributed by atoms with Gasteiger partial charge in [0.1, 0.15) is 23.7 Å². The van der Waals surface area contributed by atoms with Crippen molar-refractivity contribution in [1.82, 2.24) is 0 Å². The molecule has 2 heterocycles. The summed E-state index contributed by atoms with van der Waals surface area (Å²) in [4.78, 5) is 4.81. The van der Waals surface area contributed by atoms with Gasteiger partial charge in [0.25, 0.3) is 0 Å². The maximum Gasteiger partial charge on any atom is 0.142 e. The summed E-state index contributed by atoms with van der Waals surface area (Å²) in [7, 11) is 0. The average Bonchev–Trinajstić information content (AvgIpc) is 2.88. The normalized spacial score (nSPS) is 24.4. The summed E-state index contributed by atoms with van der Waals surface area (Å²) < 4.78 is 11.7. The van der Waals surface area contributed by atoms with Crippen LogP contribution in [0.3, 0.4) is 0 Å². The molecule has 1 aromatic rings. The van der Waals surface area contributed by atoms with Crippen LogP contribution >= 0.6 is 11.6 Å². The highest BCUT2D eigenvalue weighted by molar-refractivity contribution is 6.33. The third-order valence-electron chi connectivity index (χ3n) is 3.50. The second-order valence-corrected chi connectivity index (χ2v) is 5.36. The van der Waals surface area contributed by atoms with Gasteiger partial charge in [-0.3, -0.25) is 4.84 Å². The predicted octanol–water partition coefficient (Wildman–Crippen LogP) is 2.38. The molecule has 2 atom stereocenters. The van der Waals surface area contributed by atoms with E-state index in [1.165, 1.54) is 0 Å². The number of nitrogens with two attached hydrogens (primary N) is 1. The van der Waals surface area contributed by atoms with Gasteiger partial charge in [-0.05, 0) is 13.8 Å². The van der Waals surface area contributed by atoms with Gasteiger partial charge in [0.05, 0.1) is 11.6 Å². The standard InChI is InChI=1S/C13H16ClNO3/c1-6-3-8-10(5-16-15)12-9(4-7(2)17-12)11(14)13(8)18-6/h6-7H,3-5,15H2,1-2H3. The Labute approximate surface area is 111 Å². The lowest BCUT2D eigenvalue weighted by Gasteiger charge is -2.14. The molecule has 0 saturated heterocycles. The largest absolute Gasteiger partial charge is 0.490 e. The molecule has 2 unspecified atom stereocenters. The Kier molecular flexibility index (Phi) is 2.88. The van der Waals surface area contributed by atoms with Crippen LogP contribution in [0.4, 0.5) is 0 Å². The minimum Gasteiger partial charge on any atom is -0.490 e. The van der Waals surface area contributed by atoms with Gasteiger partial charge in [-0.15, -0.1) is 0 Å². The number of hydrogen-bond donors (Lipinski definition) is 1. The van der Waals surface area contributed by atoms with E-state index < -0.39 is 0 Å². The Morgan fingerprint density at radius 3 is 2.44 bits per heavy atom. The molecule has 0 bridgehead atoms. The number of halogens is 1. The summed E-state index contributed by atoms with van der Waals surface area (Å²) in [5.41, 5.74) is 3.08. The molecule has 0 fully saturated rings. The SMILES string of the molecule is CC1Cc2c(CON)c3c(c(Cl)c2O1)CC(C)O3. The molecule has 3 rings (SSSR count). The maximum atomic E-state index is 6.43. The lowest BCUT2D eigenvalue weighted by atomic mass is 9.98. The van der Waals surface area contributed by atoms with Gasteiger partial charge in [0.15, 0.2) is 0 Å². The highest BCUT2D eigenvalue weighted by atomic mass is 35.5. The van der Waals surface area contributed by atoms with E-state index in [2.05, 4.69) is 0 Å². The van der Waals surface area contributed by atoms with E-state index in [1.807, 2.05) is 13.8 Å². The van der Waals surface area contributed by atoms with E-state index >= 15 is 0 Å². The molecule has 98 valence electrons. The molecule has 4 nitrogen and oxygen atoms in total. The van der Waals surface area contributed by atoms with Gasteiger partial charge in [-0.2, -0.15) is 0 Å². The van der Waals surface area contributed by atoms with Crippen molar-refractivity contribution < 1.29 is 14.3 Å². The van der Waals surface area contributed by atoms with Crippen LogP contribution in [0.5, 0.6) is 11.5 Å². The van der Waals surface area contributed by atoms with Crippen molar-refractivity contribution in [3.8, 4) is 11.5 Å². The zero-order chi connectivity index (χ0) is 12.9. The number of ether oxygens (including phenoxy) is 2. The second kappa shape index (κ2) is 4.30. The Bertz CT molecular complexity index is 464. The summed E-state index contributed by atoms with van der Waals surface area (Å²) in [6.07, 6.45) is 1.89. The number of benzene rings is 1. The van der Waals surface area contributed by atoms with E-state index in [-0.39, 0.29) is 12.2 Å². The first kappa shape index (κ1) is 12.1. The molecule has 0 radical (unpaired) electrons. The molecule has 0 saturated carbocycles. The molecular weight excluding hydrogens is 254 g/mol. The Balaban J connectivity index is 2.19. The van der Waals surface area contributed by atoms with Crippen molar-refractivity contribution in [3.05, 3.63) is 21.7 Å². The molecule has 2 aliphatic heterocycles. The van der Waals surface area contributed by atoms with Gasteiger partial charge in [0, 0.05) is 29.5 Å². The Morgan fingerprint density at radius 2 is 1.78 bits per heavy atom. The fourth-order valence-electron chi connectivity index (χ4n) is 2.79. The predicted molar refractivity (Wildman–Crippen MR) is 68.0 cm³/mol. The molecule has 1 aromatic carbocycles. The molecule has 0 amide bonds. The summed E-state index contributed by atoms with van der Waals surface area (Å²) in [6, 6.07) is 0. The minimum atomic E-state index is 0.133. The van der Waals surface area contributed by atoms with Gasteiger partial charge in [0.2, 0.25) is 0 Å². The second-order valence-electron chi connectivity index (χ2n) is 4.98. The first-order valence-electron chi connectivity index (χ1n) is 6.12. The van der Waals surface area contributed by atoms with E-state index in [0.717, 1.165) is 41.0 Å². The summed E-state index contributed by atoms with van der Waals surface area (Å²) >= 11 is 6.43. The molecule has 5 heteroatoms. The Morgan fingerprint density at radius 1 is 1.17 bits per heavy atom. The van der Waals surface area contributed by atoms with Gasteiger partial charge in [-0.25, -0.2) is 5.90 Å². The van der Waals surface area contributed by atoms with Crippen LogP contribution in [0.25, 0.3) is 0 Å². The molecule has 0 aliphatic carbocycles. The van der Waals surface area contributed by atoms with Crippen LogP contribution in [-0.2, 0) is 24.3 Å². The topological polar surface area (TPSA) is 53.7 Å². The third-order valence-corrected chi connectivity index (χ3v) is 3.90. The van der Waals surface area contributed by atoms with E-state index in [1.54, 1.807) is 0 Å². The first-order chi connectivity index (χ1) is 8.61. The Hall–Kier alpha value is -0.970. The monoisotopic (exact) mass is 269 g/mol.